The summed E-state index contributed by atoms with van der Waals surface area (Å²) >= 11 is 8.35. The molecular weight excluding hydrogens is 362 g/mol. The van der Waals surface area contributed by atoms with Crippen LogP contribution in [0.5, 0.6) is 5.75 Å². The number of nitrogens with zero attached hydrogens (tertiary/aromatic N) is 1. The molecule has 2 N–H and O–H groups in total. The first-order valence-corrected chi connectivity index (χ1v) is 7.85. The van der Waals surface area contributed by atoms with Crippen molar-refractivity contribution in [2.75, 3.05) is 7.05 Å². The fraction of sp³-hybridized carbons (Fsp3) is 0.125. The van der Waals surface area contributed by atoms with Gasteiger partial charge in [-0.2, -0.15) is 5.10 Å². The number of nitrogens with one attached hydrogen (secondary N) is 2. The minimum atomic E-state index is 0.471. The van der Waals surface area contributed by atoms with E-state index in [2.05, 4.69) is 31.8 Å². The molecule has 114 valence electrons. The summed E-state index contributed by atoms with van der Waals surface area (Å²) in [5.41, 5.74) is 4.75. The zero-order valence-electron chi connectivity index (χ0n) is 12.0. The van der Waals surface area contributed by atoms with Crippen molar-refractivity contribution < 1.29 is 4.74 Å². The number of ether oxygens (including phenoxy) is 1. The van der Waals surface area contributed by atoms with Crippen molar-refractivity contribution in [3.63, 3.8) is 0 Å². The Morgan fingerprint density at radius 2 is 2.05 bits per heavy atom. The number of hydrogen-bond donors (Lipinski definition) is 2. The zero-order valence-corrected chi connectivity index (χ0v) is 14.4. The Labute approximate surface area is 143 Å². The van der Waals surface area contributed by atoms with Crippen LogP contribution in [0, 0.1) is 0 Å². The molecule has 0 aliphatic carbocycles. The summed E-state index contributed by atoms with van der Waals surface area (Å²) in [6.07, 6.45) is 1.69. The second-order valence-electron chi connectivity index (χ2n) is 4.44. The molecule has 6 heteroatoms. The molecule has 0 amide bonds. The third-order valence-corrected chi connectivity index (χ3v) is 3.61. The van der Waals surface area contributed by atoms with Gasteiger partial charge in [0.15, 0.2) is 5.11 Å². The van der Waals surface area contributed by atoms with E-state index in [0.717, 1.165) is 21.3 Å². The highest BCUT2D eigenvalue weighted by Crippen LogP contribution is 2.16. The van der Waals surface area contributed by atoms with E-state index < -0.39 is 0 Å². The summed E-state index contributed by atoms with van der Waals surface area (Å²) in [7, 11) is 1.74. The summed E-state index contributed by atoms with van der Waals surface area (Å²) in [4.78, 5) is 0. The lowest BCUT2D eigenvalue weighted by atomic mass is 10.2. The van der Waals surface area contributed by atoms with Gasteiger partial charge >= 0.3 is 0 Å². The van der Waals surface area contributed by atoms with E-state index in [0.29, 0.717) is 11.7 Å². The van der Waals surface area contributed by atoms with E-state index in [1.54, 1.807) is 13.3 Å². The molecule has 0 aromatic heterocycles. The third kappa shape index (κ3) is 5.46. The average Bonchev–Trinajstić information content (AvgIpc) is 2.54. The van der Waals surface area contributed by atoms with Crippen molar-refractivity contribution in [1.29, 1.82) is 0 Å². The number of hydrogen-bond acceptors (Lipinski definition) is 3. The van der Waals surface area contributed by atoms with Gasteiger partial charge in [-0.3, -0.25) is 5.43 Å². The van der Waals surface area contributed by atoms with Crippen LogP contribution in [0.3, 0.4) is 0 Å². The van der Waals surface area contributed by atoms with Crippen LogP contribution in [-0.2, 0) is 6.61 Å². The van der Waals surface area contributed by atoms with Crippen molar-refractivity contribution in [3.8, 4) is 5.75 Å². The highest BCUT2D eigenvalue weighted by molar-refractivity contribution is 9.10. The molecule has 0 unspecified atom stereocenters. The molecule has 0 saturated heterocycles. The lowest BCUT2D eigenvalue weighted by molar-refractivity contribution is 0.306. The van der Waals surface area contributed by atoms with E-state index in [1.807, 2.05) is 48.5 Å². The molecule has 2 rings (SSSR count). The molecule has 4 nitrogen and oxygen atoms in total. The number of rotatable bonds is 5. The van der Waals surface area contributed by atoms with Gasteiger partial charge in [0.2, 0.25) is 0 Å². The predicted octanol–water partition coefficient (Wildman–Crippen LogP) is 3.46. The molecule has 0 heterocycles. The second kappa shape index (κ2) is 8.51. The molecule has 0 radical (unpaired) electrons. The van der Waals surface area contributed by atoms with Crippen LogP contribution in [0.1, 0.15) is 11.1 Å². The molecular formula is C16H16BrN3OS. The Hall–Kier alpha value is -1.92. The Morgan fingerprint density at radius 1 is 1.27 bits per heavy atom. The predicted molar refractivity (Wildman–Crippen MR) is 97.3 cm³/mol. The number of hydrazone groups is 1. The Morgan fingerprint density at radius 3 is 2.77 bits per heavy atom. The smallest absolute Gasteiger partial charge is 0.186 e. The van der Waals surface area contributed by atoms with Crippen LogP contribution >= 0.6 is 28.1 Å². The molecule has 0 saturated carbocycles. The van der Waals surface area contributed by atoms with Gasteiger partial charge in [-0.1, -0.05) is 40.2 Å². The number of halogens is 1. The first-order chi connectivity index (χ1) is 10.7. The lowest BCUT2D eigenvalue weighted by Crippen LogP contribution is -2.28. The van der Waals surface area contributed by atoms with Crippen LogP contribution in [0.2, 0.25) is 0 Å². The third-order valence-electron chi connectivity index (χ3n) is 2.78. The maximum Gasteiger partial charge on any atom is 0.186 e. The molecule has 2 aromatic rings. The van der Waals surface area contributed by atoms with Gasteiger partial charge in [-0.15, -0.1) is 0 Å². The van der Waals surface area contributed by atoms with Crippen LogP contribution < -0.4 is 15.5 Å². The quantitative estimate of drug-likeness (QED) is 0.475. The van der Waals surface area contributed by atoms with E-state index in [1.165, 1.54) is 0 Å². The van der Waals surface area contributed by atoms with Crippen molar-refractivity contribution in [2.45, 2.75) is 6.61 Å². The maximum atomic E-state index is 5.79. The largest absolute Gasteiger partial charge is 0.489 e. The summed E-state index contributed by atoms with van der Waals surface area (Å²) in [5, 5.41) is 7.30. The number of thiocarbonyl (C=S) groups is 1. The molecule has 0 atom stereocenters. The van der Waals surface area contributed by atoms with Crippen molar-refractivity contribution >= 4 is 39.5 Å². The Kier molecular flexibility index (Phi) is 6.36. The first-order valence-electron chi connectivity index (χ1n) is 6.65. The standard InChI is InChI=1S/C16H16BrN3OS/c1-18-16(22)20-19-10-13-3-2-4-15(9-13)21-11-12-5-7-14(17)8-6-12/h2-10H,11H2,1H3,(H2,18,20,22)/b19-10+. The van der Waals surface area contributed by atoms with Gasteiger partial charge in [0, 0.05) is 11.5 Å². The average molecular weight is 378 g/mol. The molecule has 0 bridgehead atoms. The van der Waals surface area contributed by atoms with Crippen molar-refractivity contribution in [1.82, 2.24) is 10.7 Å². The van der Waals surface area contributed by atoms with Crippen LogP contribution in [0.25, 0.3) is 0 Å². The van der Waals surface area contributed by atoms with Crippen molar-refractivity contribution in [2.24, 2.45) is 5.10 Å². The Bertz CT molecular complexity index is 659. The lowest BCUT2D eigenvalue weighted by Gasteiger charge is -2.07. The fourth-order valence-corrected chi connectivity index (χ4v) is 1.97. The van der Waals surface area contributed by atoms with Gasteiger partial charge in [-0.25, -0.2) is 0 Å². The second-order valence-corrected chi connectivity index (χ2v) is 5.76. The van der Waals surface area contributed by atoms with Gasteiger partial charge < -0.3 is 10.1 Å². The summed E-state index contributed by atoms with van der Waals surface area (Å²) in [6, 6.07) is 15.8. The minimum absolute atomic E-state index is 0.471. The van der Waals surface area contributed by atoms with Crippen LogP contribution in [-0.4, -0.2) is 18.4 Å². The van der Waals surface area contributed by atoms with E-state index in [4.69, 9.17) is 17.0 Å². The van der Waals surface area contributed by atoms with Crippen LogP contribution in [0.15, 0.2) is 58.1 Å². The molecule has 0 aliphatic heterocycles. The van der Waals surface area contributed by atoms with Gasteiger partial charge in [-0.05, 0) is 47.6 Å². The van der Waals surface area contributed by atoms with Gasteiger partial charge in [0.25, 0.3) is 0 Å². The van der Waals surface area contributed by atoms with Gasteiger partial charge in [0.1, 0.15) is 12.4 Å². The molecule has 0 spiro atoms. The highest BCUT2D eigenvalue weighted by atomic mass is 79.9. The monoisotopic (exact) mass is 377 g/mol. The maximum absolute atomic E-state index is 5.79. The number of benzene rings is 2. The van der Waals surface area contributed by atoms with E-state index in [9.17, 15) is 0 Å². The molecule has 22 heavy (non-hydrogen) atoms. The SMILES string of the molecule is CNC(=S)N/N=C/c1cccc(OCc2ccc(Br)cc2)c1. The first kappa shape index (κ1) is 16.5. The molecule has 0 fully saturated rings. The highest BCUT2D eigenvalue weighted by Gasteiger charge is 1.98. The zero-order chi connectivity index (χ0) is 15.8. The fourth-order valence-electron chi connectivity index (χ4n) is 1.65. The van der Waals surface area contributed by atoms with Crippen molar-refractivity contribution in [3.05, 3.63) is 64.1 Å². The topological polar surface area (TPSA) is 45.7 Å². The molecule has 0 aliphatic rings. The van der Waals surface area contributed by atoms with E-state index >= 15 is 0 Å². The normalized spacial score (nSPS) is 10.5. The minimum Gasteiger partial charge on any atom is -0.489 e. The van der Waals surface area contributed by atoms with Gasteiger partial charge in [0.05, 0.1) is 6.21 Å². The summed E-state index contributed by atoms with van der Waals surface area (Å²) in [6.45, 7) is 0.524. The van der Waals surface area contributed by atoms with Crippen LogP contribution in [0.4, 0.5) is 0 Å². The summed E-state index contributed by atoms with van der Waals surface area (Å²) in [5.74, 6) is 0.795. The van der Waals surface area contributed by atoms with E-state index in [-0.39, 0.29) is 0 Å². The molecule has 2 aromatic carbocycles. The summed E-state index contributed by atoms with van der Waals surface area (Å²) < 4.78 is 6.84. The Balaban J connectivity index is 1.93.